The Hall–Kier alpha value is -2.66. The number of hydrogen-bond donors (Lipinski definition) is 1. The van der Waals surface area contributed by atoms with E-state index >= 15 is 0 Å². The Balaban J connectivity index is 1.56. The Morgan fingerprint density at radius 1 is 0.727 bits per heavy atom. The maximum atomic E-state index is 11.1. The van der Waals surface area contributed by atoms with E-state index in [2.05, 4.69) is 62.1 Å². The molecule has 0 radical (unpaired) electrons. The van der Waals surface area contributed by atoms with Crippen LogP contribution < -0.4 is 14.0 Å². The molecule has 0 saturated heterocycles. The Labute approximate surface area is 275 Å². The molecule has 1 aromatic carbocycles. The van der Waals surface area contributed by atoms with Gasteiger partial charge in [0, 0.05) is 41.6 Å². The lowest BCUT2D eigenvalue weighted by Crippen LogP contribution is -2.00. The summed E-state index contributed by atoms with van der Waals surface area (Å²) < 4.78 is 28.4. The Morgan fingerprint density at radius 2 is 1.34 bits per heavy atom. The third-order valence-corrected chi connectivity index (χ3v) is 10.9. The van der Waals surface area contributed by atoms with Gasteiger partial charge in [-0.15, -0.1) is 27.6 Å². The van der Waals surface area contributed by atoms with Crippen molar-refractivity contribution < 1.29 is 23.5 Å². The highest BCUT2D eigenvalue weighted by Gasteiger charge is 2.20. The summed E-state index contributed by atoms with van der Waals surface area (Å²) in [6.45, 7) is 5.12. The largest absolute Gasteiger partial charge is 0.748 e. The fourth-order valence-electron chi connectivity index (χ4n) is 4.83. The molecule has 9 heteroatoms. The predicted octanol–water partition coefficient (Wildman–Crippen LogP) is 12.0. The van der Waals surface area contributed by atoms with Gasteiger partial charge in [-0.05, 0) is 61.4 Å². The number of unbranched alkanes of at least 4 members (excludes halogenated alkanes) is 9. The van der Waals surface area contributed by atoms with Gasteiger partial charge in [0.1, 0.15) is 11.5 Å². The van der Waals surface area contributed by atoms with Crippen LogP contribution in [0.25, 0.3) is 30.6 Å². The van der Waals surface area contributed by atoms with Gasteiger partial charge < -0.3 is 9.47 Å². The highest BCUT2D eigenvalue weighted by molar-refractivity contribution is 7.33. The van der Waals surface area contributed by atoms with Crippen molar-refractivity contribution >= 4 is 42.3 Å². The number of methoxy groups -OCH3 is 1. The average Bonchev–Trinajstić information content (AvgIpc) is 3.79. The molecule has 0 saturated carbocycles. The number of thiophene rings is 3. The fourth-order valence-corrected chi connectivity index (χ4v) is 8.14. The van der Waals surface area contributed by atoms with E-state index in [-0.39, 0.29) is 0 Å². The highest BCUT2D eigenvalue weighted by Crippen LogP contribution is 2.47. The zero-order valence-electron chi connectivity index (χ0n) is 25.9. The van der Waals surface area contributed by atoms with Crippen LogP contribution in [0.3, 0.4) is 0 Å². The maximum Gasteiger partial charge on any atom is 0.748 e. The molecular weight excluding hydrogens is 628 g/mol. The summed E-state index contributed by atoms with van der Waals surface area (Å²) in [4.78, 5) is 14.3. The van der Waals surface area contributed by atoms with E-state index < -0.39 is 8.25 Å². The molecule has 1 atom stereocenters. The molecule has 5 nitrogen and oxygen atoms in total. The van der Waals surface area contributed by atoms with Crippen molar-refractivity contribution in [1.29, 1.82) is 0 Å². The Kier molecular flexibility index (Phi) is 14.3. The molecule has 0 fully saturated rings. The first-order chi connectivity index (χ1) is 21.5. The molecular formula is C35H42O5PS3+. The summed E-state index contributed by atoms with van der Waals surface area (Å²) in [6, 6.07) is 16.2. The van der Waals surface area contributed by atoms with Crippen LogP contribution in [0, 0.1) is 11.8 Å². The van der Waals surface area contributed by atoms with Gasteiger partial charge in [-0.1, -0.05) is 88.4 Å². The number of rotatable bonds is 18. The van der Waals surface area contributed by atoms with E-state index in [1.807, 2.05) is 6.07 Å². The highest BCUT2D eigenvalue weighted by atomic mass is 32.1. The van der Waals surface area contributed by atoms with E-state index in [1.54, 1.807) is 35.8 Å². The van der Waals surface area contributed by atoms with Crippen LogP contribution in [0.4, 0.5) is 0 Å². The second kappa shape index (κ2) is 18.3. The Morgan fingerprint density at radius 3 is 2.11 bits per heavy atom. The maximum absolute atomic E-state index is 11.1. The molecule has 44 heavy (non-hydrogen) atoms. The van der Waals surface area contributed by atoms with Gasteiger partial charge in [0.05, 0.1) is 18.6 Å². The summed E-state index contributed by atoms with van der Waals surface area (Å²) in [5.74, 6) is 8.37. The molecule has 0 aliphatic heterocycles. The van der Waals surface area contributed by atoms with E-state index in [0.29, 0.717) is 11.7 Å². The minimum atomic E-state index is -2.69. The summed E-state index contributed by atoms with van der Waals surface area (Å²) in [6.07, 6.45) is 13.2. The molecule has 3 aromatic heterocycles. The number of ether oxygens (including phenoxy) is 2. The predicted molar refractivity (Wildman–Crippen MR) is 188 cm³/mol. The third kappa shape index (κ3) is 10.2. The fraction of sp³-hybridized carbons (Fsp3) is 0.429. The quantitative estimate of drug-likeness (QED) is 0.0649. The van der Waals surface area contributed by atoms with E-state index in [4.69, 9.17) is 18.9 Å². The molecule has 4 rings (SSSR count). The molecule has 0 aliphatic carbocycles. The standard InChI is InChI=1S/C35H41O5PS3/c1-4-6-8-10-11-12-13-14-16-26-17-18-31(42-26)27-25-30(39-23-15-9-7-5-2)28(24-29(27)38-3)32-19-20-33(43-32)34-21-22-35(44-34)40-41(36)37/h17-22,24-25H,4-13,15,23H2,1-3H3/p+1. The molecule has 4 aromatic rings. The second-order valence-corrected chi connectivity index (χ2v) is 14.4. The lowest BCUT2D eigenvalue weighted by Gasteiger charge is -2.15. The van der Waals surface area contributed by atoms with Crippen LogP contribution in [0.5, 0.6) is 16.6 Å². The molecule has 0 aliphatic rings. The van der Waals surface area contributed by atoms with Crippen molar-refractivity contribution in [2.45, 2.75) is 84.5 Å². The topological polar surface area (TPSA) is 65.0 Å². The van der Waals surface area contributed by atoms with Crippen LogP contribution in [0.2, 0.25) is 0 Å². The first kappa shape index (κ1) is 34.2. The molecule has 1 unspecified atom stereocenters. The van der Waals surface area contributed by atoms with Gasteiger partial charge in [-0.3, -0.25) is 0 Å². The zero-order valence-corrected chi connectivity index (χ0v) is 29.2. The van der Waals surface area contributed by atoms with E-state index in [9.17, 15) is 4.57 Å². The molecule has 234 valence electrons. The van der Waals surface area contributed by atoms with Gasteiger partial charge in [0.25, 0.3) is 0 Å². The van der Waals surface area contributed by atoms with Crippen molar-refractivity contribution in [2.24, 2.45) is 0 Å². The first-order valence-corrected chi connectivity index (χ1v) is 19.1. The van der Waals surface area contributed by atoms with Gasteiger partial charge in [-0.2, -0.15) is 0 Å². The number of hydrogen-bond acceptors (Lipinski definition) is 7. The minimum Gasteiger partial charge on any atom is -0.496 e. The summed E-state index contributed by atoms with van der Waals surface area (Å²) in [5, 5.41) is 0.420. The van der Waals surface area contributed by atoms with Crippen molar-refractivity contribution in [1.82, 2.24) is 0 Å². The molecule has 1 N–H and O–H groups in total. The smallest absolute Gasteiger partial charge is 0.496 e. The average molecular weight is 670 g/mol. The van der Waals surface area contributed by atoms with Crippen LogP contribution in [-0.2, 0) is 4.57 Å². The second-order valence-electron chi connectivity index (χ2n) is 10.6. The van der Waals surface area contributed by atoms with Crippen molar-refractivity contribution in [3.8, 4) is 59.0 Å². The zero-order chi connectivity index (χ0) is 31.1. The Bertz CT molecular complexity index is 1540. The van der Waals surface area contributed by atoms with Crippen molar-refractivity contribution in [3.63, 3.8) is 0 Å². The van der Waals surface area contributed by atoms with Crippen molar-refractivity contribution in [3.05, 3.63) is 53.4 Å². The lowest BCUT2D eigenvalue weighted by molar-refractivity contribution is 0.306. The lowest BCUT2D eigenvalue weighted by atomic mass is 10.1. The van der Waals surface area contributed by atoms with Gasteiger partial charge in [-0.25, -0.2) is 4.52 Å². The normalized spacial score (nSPS) is 11.2. The van der Waals surface area contributed by atoms with E-state index in [1.165, 1.54) is 62.7 Å². The monoisotopic (exact) mass is 669 g/mol. The van der Waals surface area contributed by atoms with E-state index in [0.717, 1.165) is 66.3 Å². The van der Waals surface area contributed by atoms with Crippen LogP contribution >= 0.6 is 42.3 Å². The first-order valence-electron chi connectivity index (χ1n) is 15.5. The van der Waals surface area contributed by atoms with Crippen LogP contribution in [-0.4, -0.2) is 18.6 Å². The van der Waals surface area contributed by atoms with Gasteiger partial charge in [0.15, 0.2) is 0 Å². The molecule has 3 heterocycles. The minimum absolute atomic E-state index is 0.420. The third-order valence-electron chi connectivity index (χ3n) is 7.16. The summed E-state index contributed by atoms with van der Waals surface area (Å²) in [5.41, 5.74) is 1.99. The number of benzene rings is 1. The SMILES string of the molecule is CCCCCCCCC#Cc1ccc(-c2cc(OCCCCCC)c(-c3ccc(-c4ccc(O[P+](=O)O)s4)s3)cc2OC)s1. The molecule has 0 bridgehead atoms. The van der Waals surface area contributed by atoms with Crippen LogP contribution in [0.15, 0.2) is 48.5 Å². The van der Waals surface area contributed by atoms with Gasteiger partial charge >= 0.3 is 8.25 Å². The molecule has 0 amide bonds. The van der Waals surface area contributed by atoms with Crippen LogP contribution in [0.1, 0.15) is 89.4 Å². The molecule has 0 spiro atoms. The van der Waals surface area contributed by atoms with Crippen molar-refractivity contribution in [2.75, 3.05) is 13.7 Å². The van der Waals surface area contributed by atoms with Gasteiger partial charge in [0.2, 0.25) is 5.06 Å². The summed E-state index contributed by atoms with van der Waals surface area (Å²) in [7, 11) is -0.976. The summed E-state index contributed by atoms with van der Waals surface area (Å²) >= 11 is 4.68.